The molecule has 3 atom stereocenters. The van der Waals surface area contributed by atoms with Crippen LogP contribution >= 0.6 is 0 Å². The SMILES string of the molecule is CC[C@H](C)[C@@H](NC(=O)OCc1ccccc1)[C@H](CC(=O)OC)O[Si](C(C)C)(C(C)C)C(C)C. The molecule has 0 aliphatic heterocycles. The molecule has 0 saturated heterocycles. The molecule has 0 radical (unpaired) electrons. The van der Waals surface area contributed by atoms with Gasteiger partial charge in [-0.25, -0.2) is 4.79 Å². The normalized spacial score (nSPS) is 14.8. The fraction of sp³-hybridized carbons (Fsp3) is 0.692. The number of amides is 1. The highest BCUT2D eigenvalue weighted by atomic mass is 28.4. The van der Waals surface area contributed by atoms with Crippen molar-refractivity contribution in [2.24, 2.45) is 5.92 Å². The molecular formula is C26H45NO5Si. The average molecular weight is 480 g/mol. The van der Waals surface area contributed by atoms with Gasteiger partial charge in [0.2, 0.25) is 8.32 Å². The first kappa shape index (κ1) is 29.2. The number of carbonyl (C=O) groups is 2. The number of hydrogen-bond acceptors (Lipinski definition) is 5. The van der Waals surface area contributed by atoms with Crippen LogP contribution in [0.1, 0.15) is 73.8 Å². The molecule has 1 N–H and O–H groups in total. The maximum absolute atomic E-state index is 12.8. The van der Waals surface area contributed by atoms with Crippen LogP contribution in [0.2, 0.25) is 16.6 Å². The molecule has 7 heteroatoms. The molecule has 188 valence electrons. The molecule has 1 aromatic carbocycles. The van der Waals surface area contributed by atoms with Gasteiger partial charge in [0, 0.05) is 0 Å². The third-order valence-corrected chi connectivity index (χ3v) is 12.9. The zero-order chi connectivity index (χ0) is 25.2. The van der Waals surface area contributed by atoms with Crippen LogP contribution in [0.3, 0.4) is 0 Å². The van der Waals surface area contributed by atoms with Crippen molar-refractivity contribution in [2.75, 3.05) is 7.11 Å². The van der Waals surface area contributed by atoms with Crippen LogP contribution in [0, 0.1) is 5.92 Å². The van der Waals surface area contributed by atoms with Crippen LogP contribution in [0.5, 0.6) is 0 Å². The van der Waals surface area contributed by atoms with Gasteiger partial charge in [0.1, 0.15) is 6.61 Å². The highest BCUT2D eigenvalue weighted by molar-refractivity contribution is 6.77. The summed E-state index contributed by atoms with van der Waals surface area (Å²) < 4.78 is 17.5. The maximum Gasteiger partial charge on any atom is 0.407 e. The number of esters is 1. The third-order valence-electron chi connectivity index (χ3n) is 6.81. The van der Waals surface area contributed by atoms with Gasteiger partial charge in [-0.3, -0.25) is 4.79 Å². The minimum absolute atomic E-state index is 0.0853. The van der Waals surface area contributed by atoms with Crippen LogP contribution in [-0.2, 0) is 25.3 Å². The molecule has 0 aliphatic carbocycles. The second-order valence-corrected chi connectivity index (χ2v) is 15.3. The minimum atomic E-state index is -2.31. The summed E-state index contributed by atoms with van der Waals surface area (Å²) in [6.07, 6.45) is -0.0839. The lowest BCUT2D eigenvalue weighted by molar-refractivity contribution is -0.143. The van der Waals surface area contributed by atoms with Crippen LogP contribution in [0.15, 0.2) is 30.3 Å². The summed E-state index contributed by atoms with van der Waals surface area (Å²) in [5, 5.41) is 3.04. The van der Waals surface area contributed by atoms with E-state index in [2.05, 4.69) is 60.7 Å². The highest BCUT2D eigenvalue weighted by Crippen LogP contribution is 2.44. The van der Waals surface area contributed by atoms with E-state index in [1.807, 2.05) is 30.3 Å². The predicted molar refractivity (Wildman–Crippen MR) is 136 cm³/mol. The quantitative estimate of drug-likeness (QED) is 0.260. The molecule has 0 unspecified atom stereocenters. The number of methoxy groups -OCH3 is 1. The summed E-state index contributed by atoms with van der Waals surface area (Å²) in [6, 6.07) is 9.19. The molecular weight excluding hydrogens is 434 g/mol. The van der Waals surface area contributed by atoms with E-state index >= 15 is 0 Å². The molecule has 1 rings (SSSR count). The topological polar surface area (TPSA) is 73.9 Å². The van der Waals surface area contributed by atoms with Crippen molar-refractivity contribution in [1.82, 2.24) is 5.32 Å². The Morgan fingerprint density at radius 2 is 1.48 bits per heavy atom. The lowest BCUT2D eigenvalue weighted by Gasteiger charge is -2.46. The van der Waals surface area contributed by atoms with E-state index in [1.165, 1.54) is 7.11 Å². The number of carbonyl (C=O) groups excluding carboxylic acids is 2. The Kier molecular flexibility index (Phi) is 12.2. The molecule has 0 aromatic heterocycles. The van der Waals surface area contributed by atoms with Gasteiger partial charge in [-0.1, -0.05) is 92.1 Å². The van der Waals surface area contributed by atoms with E-state index in [0.29, 0.717) is 16.6 Å². The Morgan fingerprint density at radius 1 is 0.939 bits per heavy atom. The van der Waals surface area contributed by atoms with E-state index in [1.54, 1.807) is 0 Å². The Hall–Kier alpha value is -1.86. The zero-order valence-corrected chi connectivity index (χ0v) is 23.0. The largest absolute Gasteiger partial charge is 0.469 e. The van der Waals surface area contributed by atoms with Crippen molar-refractivity contribution in [3.8, 4) is 0 Å². The van der Waals surface area contributed by atoms with Gasteiger partial charge in [0.25, 0.3) is 0 Å². The fourth-order valence-corrected chi connectivity index (χ4v) is 10.5. The summed E-state index contributed by atoms with van der Waals surface area (Å²) in [6.45, 7) is 17.6. The first-order chi connectivity index (χ1) is 15.5. The van der Waals surface area contributed by atoms with E-state index in [0.717, 1.165) is 12.0 Å². The number of hydrogen-bond donors (Lipinski definition) is 1. The Balaban J connectivity index is 3.21. The molecule has 1 amide bonds. The smallest absolute Gasteiger partial charge is 0.407 e. The van der Waals surface area contributed by atoms with E-state index < -0.39 is 20.5 Å². The molecule has 0 fully saturated rings. The van der Waals surface area contributed by atoms with E-state index in [9.17, 15) is 9.59 Å². The van der Waals surface area contributed by atoms with Crippen LogP contribution in [0.25, 0.3) is 0 Å². The average Bonchev–Trinajstić information content (AvgIpc) is 2.78. The Morgan fingerprint density at radius 3 is 1.94 bits per heavy atom. The standard InChI is InChI=1S/C26H45NO5Si/c1-10-21(8)25(27-26(29)31-17-22-14-12-11-13-15-22)23(16-24(28)30-9)32-33(18(2)3,19(4)5)20(6)7/h11-15,18-21,23,25H,10,16-17H2,1-9H3,(H,27,29)/t21-,23-,25+/m0/s1. The van der Waals surface area contributed by atoms with Crippen molar-refractivity contribution < 1.29 is 23.5 Å². The van der Waals surface area contributed by atoms with E-state index in [4.69, 9.17) is 13.9 Å². The van der Waals surface area contributed by atoms with Crippen molar-refractivity contribution >= 4 is 20.4 Å². The van der Waals surface area contributed by atoms with Gasteiger partial charge >= 0.3 is 12.1 Å². The van der Waals surface area contributed by atoms with Crippen LogP contribution < -0.4 is 5.32 Å². The predicted octanol–water partition coefficient (Wildman–Crippen LogP) is 6.45. The Bertz CT molecular complexity index is 701. The highest BCUT2D eigenvalue weighted by Gasteiger charge is 2.48. The fourth-order valence-electron chi connectivity index (χ4n) is 4.92. The second-order valence-electron chi connectivity index (χ2n) is 9.87. The molecule has 0 aliphatic rings. The van der Waals surface area contributed by atoms with Gasteiger partial charge in [-0.15, -0.1) is 0 Å². The zero-order valence-electron chi connectivity index (χ0n) is 22.0. The molecule has 0 spiro atoms. The van der Waals surface area contributed by atoms with Gasteiger partial charge in [0.15, 0.2) is 0 Å². The van der Waals surface area contributed by atoms with Crippen molar-refractivity contribution in [3.05, 3.63) is 35.9 Å². The first-order valence-corrected chi connectivity index (χ1v) is 14.3. The second kappa shape index (κ2) is 13.7. The third kappa shape index (κ3) is 8.14. The summed E-state index contributed by atoms with van der Waals surface area (Å²) in [5.74, 6) is -0.256. The first-order valence-electron chi connectivity index (χ1n) is 12.2. The molecule has 6 nitrogen and oxygen atoms in total. The summed E-state index contributed by atoms with van der Waals surface area (Å²) in [5.41, 5.74) is 1.96. The Labute approximate surface area is 201 Å². The molecule has 33 heavy (non-hydrogen) atoms. The number of rotatable bonds is 13. The number of benzene rings is 1. The summed E-state index contributed by atoms with van der Waals surface area (Å²) >= 11 is 0. The van der Waals surface area contributed by atoms with Gasteiger partial charge in [-0.2, -0.15) is 0 Å². The maximum atomic E-state index is 12.8. The monoisotopic (exact) mass is 479 g/mol. The van der Waals surface area contributed by atoms with Gasteiger partial charge in [-0.05, 0) is 28.1 Å². The van der Waals surface area contributed by atoms with Crippen molar-refractivity contribution in [2.45, 2.75) is 104 Å². The lowest BCUT2D eigenvalue weighted by atomic mass is 9.93. The van der Waals surface area contributed by atoms with Crippen LogP contribution in [-0.4, -0.2) is 39.6 Å². The summed E-state index contributed by atoms with van der Waals surface area (Å²) in [4.78, 5) is 25.2. The molecule has 0 bridgehead atoms. The molecule has 0 heterocycles. The van der Waals surface area contributed by atoms with Gasteiger partial charge in [0.05, 0.1) is 25.7 Å². The molecule has 1 aromatic rings. The number of ether oxygens (including phenoxy) is 2. The van der Waals surface area contributed by atoms with E-state index in [-0.39, 0.29) is 31.0 Å². The van der Waals surface area contributed by atoms with Crippen molar-refractivity contribution in [1.29, 1.82) is 0 Å². The van der Waals surface area contributed by atoms with Crippen molar-refractivity contribution in [3.63, 3.8) is 0 Å². The summed E-state index contributed by atoms with van der Waals surface area (Å²) in [7, 11) is -0.928. The minimum Gasteiger partial charge on any atom is -0.469 e. The number of alkyl carbamates (subject to hydrolysis) is 1. The number of nitrogens with one attached hydrogen (secondary N) is 1. The van der Waals surface area contributed by atoms with Crippen LogP contribution in [0.4, 0.5) is 4.79 Å². The lowest BCUT2D eigenvalue weighted by Crippen LogP contribution is -2.57. The van der Waals surface area contributed by atoms with Gasteiger partial charge < -0.3 is 19.2 Å². The molecule has 0 saturated carbocycles.